The molecule has 0 aromatic heterocycles. The zero-order valence-corrected chi connectivity index (χ0v) is 24.9. The lowest BCUT2D eigenvalue weighted by Gasteiger charge is -2.55. The molecule has 2 fully saturated rings. The summed E-state index contributed by atoms with van der Waals surface area (Å²) >= 11 is 1.84. The van der Waals surface area contributed by atoms with Gasteiger partial charge in [-0.3, -0.25) is 4.79 Å². The summed E-state index contributed by atoms with van der Waals surface area (Å²) in [7, 11) is 0. The molecular formula is C35H48OS. The van der Waals surface area contributed by atoms with E-state index in [1.165, 1.54) is 36.2 Å². The first-order valence-electron chi connectivity index (χ1n) is 15.0. The second-order valence-electron chi connectivity index (χ2n) is 13.5. The Morgan fingerprint density at radius 3 is 2.46 bits per heavy atom. The van der Waals surface area contributed by atoms with Crippen molar-refractivity contribution >= 4 is 17.5 Å². The first-order chi connectivity index (χ1) is 17.6. The average Bonchev–Trinajstić information content (AvgIpc) is 3.24. The fourth-order valence-corrected chi connectivity index (χ4v) is 9.56. The van der Waals surface area contributed by atoms with Crippen molar-refractivity contribution in [3.8, 4) is 0 Å². The molecule has 0 amide bonds. The van der Waals surface area contributed by atoms with Gasteiger partial charge in [-0.25, -0.2) is 0 Å². The highest BCUT2D eigenvalue weighted by Gasteiger charge is 2.57. The van der Waals surface area contributed by atoms with Crippen molar-refractivity contribution in [2.75, 3.05) is 5.75 Å². The Balaban J connectivity index is 1.39. The highest BCUT2D eigenvalue weighted by atomic mass is 32.2. The highest BCUT2D eigenvalue weighted by molar-refractivity contribution is 7.99. The molecule has 0 unspecified atom stereocenters. The molecule has 0 saturated heterocycles. The molecule has 2 saturated carbocycles. The van der Waals surface area contributed by atoms with Gasteiger partial charge in [0.25, 0.3) is 0 Å². The van der Waals surface area contributed by atoms with Crippen molar-refractivity contribution in [3.05, 3.63) is 65.3 Å². The van der Waals surface area contributed by atoms with Gasteiger partial charge in [0.15, 0.2) is 5.78 Å². The minimum atomic E-state index is 0.169. The molecule has 0 radical (unpaired) electrons. The molecule has 1 aromatic carbocycles. The molecule has 4 aliphatic rings. The zero-order chi connectivity index (χ0) is 26.4. The smallest absolute Gasteiger partial charge is 0.159 e. The molecule has 37 heavy (non-hydrogen) atoms. The number of hydrogen-bond donors (Lipinski definition) is 0. The topological polar surface area (TPSA) is 17.1 Å². The molecule has 2 heteroatoms. The molecule has 0 bridgehead atoms. The number of rotatable bonds is 7. The van der Waals surface area contributed by atoms with E-state index in [2.05, 4.69) is 90.1 Å². The Morgan fingerprint density at radius 1 is 0.973 bits per heavy atom. The van der Waals surface area contributed by atoms with E-state index in [1.807, 2.05) is 11.8 Å². The molecule has 200 valence electrons. The fraction of sp³-hybridized carbons (Fsp3) is 0.629. The van der Waals surface area contributed by atoms with Gasteiger partial charge < -0.3 is 0 Å². The molecular weight excluding hydrogens is 468 g/mol. The standard InChI is InChI=1S/C35H48OS/c1-23(2)24(3)12-13-25(4)29-16-17-30-27-14-15-31-28(22-37-26-10-8-7-9-11-26)33(36)19-21-35(31,6)32(27)18-20-34(29,30)5/h7-14,23-25,29-30,32H,15-22H2,1-6H3/t24-,25+,29+,30-,32-,34+,35-/m0/s1. The van der Waals surface area contributed by atoms with Crippen molar-refractivity contribution < 1.29 is 4.79 Å². The molecule has 0 spiro atoms. The van der Waals surface area contributed by atoms with Gasteiger partial charge in [-0.05, 0) is 97.0 Å². The normalized spacial score (nSPS) is 35.3. The average molecular weight is 517 g/mol. The van der Waals surface area contributed by atoms with Crippen LogP contribution in [0.1, 0.15) is 86.5 Å². The number of ketones is 1. The van der Waals surface area contributed by atoms with Crippen LogP contribution in [0.5, 0.6) is 0 Å². The van der Waals surface area contributed by atoms with Crippen LogP contribution >= 0.6 is 11.8 Å². The third-order valence-corrected chi connectivity index (χ3v) is 12.3. The predicted molar refractivity (Wildman–Crippen MR) is 159 cm³/mol. The van der Waals surface area contributed by atoms with Gasteiger partial charge in [-0.1, -0.05) is 89.1 Å². The summed E-state index contributed by atoms with van der Waals surface area (Å²) in [6, 6.07) is 10.6. The SMILES string of the molecule is CC(C)[C@@H](C)C=C[C@@H](C)[C@H]1CC[C@H]2C3=CCC4=C(CSc5ccccc5)C(=O)CC[C@]4(C)[C@H]3CC[C@]12C. The van der Waals surface area contributed by atoms with Crippen LogP contribution in [0.2, 0.25) is 0 Å². The first-order valence-corrected chi connectivity index (χ1v) is 16.0. The summed E-state index contributed by atoms with van der Waals surface area (Å²) in [6.07, 6.45) is 15.8. The number of carbonyl (C=O) groups excluding carboxylic acids is 1. The predicted octanol–water partition coefficient (Wildman–Crippen LogP) is 9.70. The summed E-state index contributed by atoms with van der Waals surface area (Å²) in [5.41, 5.74) is 4.99. The van der Waals surface area contributed by atoms with Gasteiger partial charge in [0.2, 0.25) is 0 Å². The molecule has 0 aliphatic heterocycles. The number of benzene rings is 1. The Kier molecular flexibility index (Phi) is 7.71. The summed E-state index contributed by atoms with van der Waals surface area (Å²) in [4.78, 5) is 14.4. The molecule has 1 aromatic rings. The lowest BCUT2D eigenvalue weighted by Crippen LogP contribution is -2.46. The van der Waals surface area contributed by atoms with E-state index in [1.54, 1.807) is 5.57 Å². The van der Waals surface area contributed by atoms with Crippen molar-refractivity contribution in [3.63, 3.8) is 0 Å². The van der Waals surface area contributed by atoms with Gasteiger partial charge in [-0.15, -0.1) is 11.8 Å². The lowest BCUT2D eigenvalue weighted by molar-refractivity contribution is -0.117. The quantitative estimate of drug-likeness (QED) is 0.265. The van der Waals surface area contributed by atoms with E-state index in [-0.39, 0.29) is 5.41 Å². The van der Waals surface area contributed by atoms with Crippen molar-refractivity contribution in [2.45, 2.75) is 91.4 Å². The number of thioether (sulfide) groups is 1. The molecule has 1 nitrogen and oxygen atoms in total. The summed E-state index contributed by atoms with van der Waals surface area (Å²) in [5.74, 6) is 5.38. The zero-order valence-electron chi connectivity index (χ0n) is 24.1. The van der Waals surface area contributed by atoms with Crippen molar-refractivity contribution in [1.82, 2.24) is 0 Å². The van der Waals surface area contributed by atoms with Crippen molar-refractivity contribution in [2.24, 2.45) is 46.3 Å². The van der Waals surface area contributed by atoms with Crippen LogP contribution in [0.4, 0.5) is 0 Å². The van der Waals surface area contributed by atoms with Gasteiger partial charge >= 0.3 is 0 Å². The Morgan fingerprint density at radius 2 is 1.73 bits per heavy atom. The summed E-state index contributed by atoms with van der Waals surface area (Å²) in [6.45, 7) is 14.7. The van der Waals surface area contributed by atoms with E-state index in [9.17, 15) is 4.79 Å². The Hall–Kier alpha value is -1.54. The molecule has 0 heterocycles. The van der Waals surface area contributed by atoms with Crippen LogP contribution in [-0.2, 0) is 4.79 Å². The fourth-order valence-electron chi connectivity index (χ4n) is 8.57. The first kappa shape index (κ1) is 27.0. The van der Waals surface area contributed by atoms with E-state index in [4.69, 9.17) is 0 Å². The van der Waals surface area contributed by atoms with E-state index >= 15 is 0 Å². The van der Waals surface area contributed by atoms with Gasteiger partial charge in [0.1, 0.15) is 0 Å². The maximum Gasteiger partial charge on any atom is 0.159 e. The third kappa shape index (κ3) is 4.86. The molecule has 5 rings (SSSR count). The van der Waals surface area contributed by atoms with Crippen LogP contribution in [0.25, 0.3) is 0 Å². The van der Waals surface area contributed by atoms with Crippen LogP contribution in [0.3, 0.4) is 0 Å². The van der Waals surface area contributed by atoms with Crippen LogP contribution in [-0.4, -0.2) is 11.5 Å². The minimum absolute atomic E-state index is 0.169. The van der Waals surface area contributed by atoms with Gasteiger partial charge in [-0.2, -0.15) is 0 Å². The van der Waals surface area contributed by atoms with E-state index in [0.29, 0.717) is 34.9 Å². The maximum absolute atomic E-state index is 13.2. The summed E-state index contributed by atoms with van der Waals surface area (Å²) in [5, 5.41) is 0. The Bertz CT molecular complexity index is 1090. The Labute approximate surface area is 230 Å². The number of hydrogen-bond acceptors (Lipinski definition) is 2. The van der Waals surface area contributed by atoms with E-state index in [0.717, 1.165) is 42.4 Å². The second kappa shape index (κ2) is 10.6. The summed E-state index contributed by atoms with van der Waals surface area (Å²) < 4.78 is 0. The number of allylic oxidation sites excluding steroid dienone is 5. The van der Waals surface area contributed by atoms with Crippen LogP contribution in [0.15, 0.2) is 70.2 Å². The van der Waals surface area contributed by atoms with Gasteiger partial charge in [0, 0.05) is 22.6 Å². The third-order valence-electron chi connectivity index (χ3n) is 11.3. The number of Topliss-reactive ketones (excluding diaryl/α,β-unsaturated/α-hetero) is 1. The number of carbonyl (C=O) groups is 1. The monoisotopic (exact) mass is 516 g/mol. The van der Waals surface area contributed by atoms with Crippen LogP contribution < -0.4 is 0 Å². The minimum Gasteiger partial charge on any atom is -0.295 e. The second-order valence-corrected chi connectivity index (χ2v) is 14.5. The molecule has 0 N–H and O–H groups in total. The van der Waals surface area contributed by atoms with E-state index < -0.39 is 0 Å². The lowest BCUT2D eigenvalue weighted by atomic mass is 9.49. The largest absolute Gasteiger partial charge is 0.295 e. The highest BCUT2D eigenvalue weighted by Crippen LogP contribution is 2.66. The van der Waals surface area contributed by atoms with Crippen molar-refractivity contribution in [1.29, 1.82) is 0 Å². The maximum atomic E-state index is 13.2. The van der Waals surface area contributed by atoms with Gasteiger partial charge in [0.05, 0.1) is 0 Å². The van der Waals surface area contributed by atoms with Crippen LogP contribution in [0, 0.1) is 46.3 Å². The molecule has 7 atom stereocenters. The molecule has 4 aliphatic carbocycles. The number of fused-ring (bicyclic) bond motifs is 5.